The number of anilines is 1. The Morgan fingerprint density at radius 1 is 1.00 bits per heavy atom. The lowest BCUT2D eigenvalue weighted by atomic mass is 10.1. The third-order valence-corrected chi connectivity index (χ3v) is 5.59. The van der Waals surface area contributed by atoms with E-state index in [9.17, 15) is 9.59 Å². The number of carbonyl (C=O) groups is 2. The summed E-state index contributed by atoms with van der Waals surface area (Å²) >= 11 is 0. The summed E-state index contributed by atoms with van der Waals surface area (Å²) in [5.74, 6) is 0.176. The van der Waals surface area contributed by atoms with E-state index in [1.165, 1.54) is 22.1 Å². The molecule has 9 nitrogen and oxygen atoms in total. The van der Waals surface area contributed by atoms with Gasteiger partial charge in [-0.1, -0.05) is 29.5 Å². The Labute approximate surface area is 200 Å². The predicted molar refractivity (Wildman–Crippen MR) is 128 cm³/mol. The van der Waals surface area contributed by atoms with E-state index in [-0.39, 0.29) is 19.0 Å². The SMILES string of the molecule is Cc1cccc(N(C(=O)Cn2nnc3ccccc32)[C@@H](C(=O)NCc2ccco2)c2ccco2)c1. The minimum absolute atomic E-state index is 0.114. The molecule has 2 amide bonds. The number of fused-ring (bicyclic) bond motifs is 1. The van der Waals surface area contributed by atoms with Crippen molar-refractivity contribution < 1.29 is 18.4 Å². The fraction of sp³-hybridized carbons (Fsp3) is 0.154. The van der Waals surface area contributed by atoms with E-state index < -0.39 is 11.9 Å². The molecule has 0 aliphatic heterocycles. The number of amides is 2. The van der Waals surface area contributed by atoms with E-state index >= 15 is 0 Å². The van der Waals surface area contributed by atoms with Gasteiger partial charge < -0.3 is 14.2 Å². The van der Waals surface area contributed by atoms with Crippen LogP contribution in [0.25, 0.3) is 11.0 Å². The molecule has 3 heterocycles. The zero-order valence-corrected chi connectivity index (χ0v) is 19.0. The highest BCUT2D eigenvalue weighted by atomic mass is 16.3. The maximum atomic E-state index is 13.8. The first-order chi connectivity index (χ1) is 17.1. The lowest BCUT2D eigenvalue weighted by Crippen LogP contribution is -2.45. The first-order valence-corrected chi connectivity index (χ1v) is 11.1. The fourth-order valence-corrected chi connectivity index (χ4v) is 3.96. The van der Waals surface area contributed by atoms with Crippen LogP contribution in [0.5, 0.6) is 0 Å². The van der Waals surface area contributed by atoms with Gasteiger partial charge >= 0.3 is 0 Å². The Bertz CT molecular complexity index is 1440. The van der Waals surface area contributed by atoms with Gasteiger partial charge in [0.05, 0.1) is 24.6 Å². The van der Waals surface area contributed by atoms with E-state index in [1.54, 1.807) is 30.3 Å². The Morgan fingerprint density at radius 2 is 1.83 bits per heavy atom. The highest BCUT2D eigenvalue weighted by molar-refractivity contribution is 6.01. The summed E-state index contributed by atoms with van der Waals surface area (Å²) < 4.78 is 12.5. The van der Waals surface area contributed by atoms with Crippen LogP contribution < -0.4 is 10.2 Å². The standard InChI is InChI=1S/C26H23N5O4/c1-18-7-4-8-19(15-18)31(24(32)17-30-22-11-3-2-10-21(22)28-29-30)25(23-12-6-14-35-23)26(33)27-16-20-9-5-13-34-20/h2-15,25H,16-17H2,1H3,(H,27,33)/t25-/m1/s1. The molecule has 1 N–H and O–H groups in total. The van der Waals surface area contributed by atoms with E-state index in [0.29, 0.717) is 22.7 Å². The van der Waals surface area contributed by atoms with Gasteiger partial charge in [0.2, 0.25) is 5.91 Å². The van der Waals surface area contributed by atoms with Crippen LogP contribution in [0.3, 0.4) is 0 Å². The lowest BCUT2D eigenvalue weighted by Gasteiger charge is -2.30. The van der Waals surface area contributed by atoms with Crippen LogP contribution in [0.1, 0.15) is 23.1 Å². The zero-order valence-electron chi connectivity index (χ0n) is 19.0. The molecular weight excluding hydrogens is 446 g/mol. The van der Waals surface area contributed by atoms with E-state index in [0.717, 1.165) is 11.1 Å². The van der Waals surface area contributed by atoms with E-state index in [2.05, 4.69) is 15.6 Å². The van der Waals surface area contributed by atoms with Gasteiger partial charge in [0, 0.05) is 5.69 Å². The average Bonchev–Trinajstić information content (AvgIpc) is 3.64. The average molecular weight is 470 g/mol. The topological polar surface area (TPSA) is 106 Å². The second-order valence-electron chi connectivity index (χ2n) is 8.05. The van der Waals surface area contributed by atoms with E-state index in [4.69, 9.17) is 8.83 Å². The summed E-state index contributed by atoms with van der Waals surface area (Å²) in [5, 5.41) is 11.1. The molecule has 0 bridgehead atoms. The molecule has 0 fully saturated rings. The fourth-order valence-electron chi connectivity index (χ4n) is 3.96. The Balaban J connectivity index is 1.52. The molecule has 5 aromatic rings. The summed E-state index contributed by atoms with van der Waals surface area (Å²) in [7, 11) is 0. The molecule has 0 aliphatic carbocycles. The number of nitrogens with zero attached hydrogens (tertiary/aromatic N) is 4. The number of aromatic nitrogens is 3. The van der Waals surface area contributed by atoms with Crippen LogP contribution in [0.4, 0.5) is 5.69 Å². The van der Waals surface area contributed by atoms with Gasteiger partial charge in [-0.25, -0.2) is 4.68 Å². The molecule has 3 aromatic heterocycles. The van der Waals surface area contributed by atoms with Crippen molar-refractivity contribution in [3.8, 4) is 0 Å². The number of nitrogens with one attached hydrogen (secondary N) is 1. The molecule has 1 atom stereocenters. The monoisotopic (exact) mass is 469 g/mol. The van der Waals surface area contributed by atoms with Gasteiger partial charge in [-0.2, -0.15) is 0 Å². The summed E-state index contributed by atoms with van der Waals surface area (Å²) in [4.78, 5) is 28.8. The summed E-state index contributed by atoms with van der Waals surface area (Å²) in [6, 6.07) is 20.6. The number of furan rings is 2. The van der Waals surface area contributed by atoms with Gasteiger partial charge in [0.15, 0.2) is 6.04 Å². The van der Waals surface area contributed by atoms with Crippen molar-refractivity contribution in [1.82, 2.24) is 20.3 Å². The Kier molecular flexibility index (Phi) is 6.13. The Morgan fingerprint density at radius 3 is 2.60 bits per heavy atom. The van der Waals surface area contributed by atoms with Gasteiger partial charge in [0.1, 0.15) is 23.6 Å². The highest BCUT2D eigenvalue weighted by Gasteiger charge is 2.35. The second kappa shape index (κ2) is 9.68. The minimum atomic E-state index is -1.05. The normalized spacial score (nSPS) is 11.9. The Hall–Kier alpha value is -4.66. The number of para-hydroxylation sites is 1. The number of hydrogen-bond donors (Lipinski definition) is 1. The molecule has 5 rings (SSSR count). The summed E-state index contributed by atoms with van der Waals surface area (Å²) in [6.45, 7) is 1.99. The third-order valence-electron chi connectivity index (χ3n) is 5.59. The predicted octanol–water partition coefficient (Wildman–Crippen LogP) is 4.02. The van der Waals surface area contributed by atoms with Gasteiger partial charge in [-0.05, 0) is 61.0 Å². The maximum Gasteiger partial charge on any atom is 0.251 e. The summed E-state index contributed by atoms with van der Waals surface area (Å²) in [6.07, 6.45) is 3.02. The van der Waals surface area contributed by atoms with Crippen LogP contribution in [-0.4, -0.2) is 26.8 Å². The molecule has 2 aromatic carbocycles. The van der Waals surface area contributed by atoms with Crippen molar-refractivity contribution in [2.24, 2.45) is 0 Å². The minimum Gasteiger partial charge on any atom is -0.467 e. The summed E-state index contributed by atoms with van der Waals surface area (Å²) in [5.41, 5.74) is 2.91. The molecule has 0 saturated heterocycles. The molecule has 0 aliphatic rings. The van der Waals surface area contributed by atoms with Crippen molar-refractivity contribution in [3.63, 3.8) is 0 Å². The quantitative estimate of drug-likeness (QED) is 0.368. The van der Waals surface area contributed by atoms with Crippen molar-refractivity contribution in [2.45, 2.75) is 26.1 Å². The molecule has 176 valence electrons. The van der Waals surface area contributed by atoms with Crippen LogP contribution in [0.15, 0.2) is 94.2 Å². The van der Waals surface area contributed by atoms with Crippen LogP contribution in [0.2, 0.25) is 0 Å². The van der Waals surface area contributed by atoms with Crippen molar-refractivity contribution in [3.05, 3.63) is 102 Å². The first-order valence-electron chi connectivity index (χ1n) is 11.1. The molecule has 9 heteroatoms. The third kappa shape index (κ3) is 4.70. The molecule has 0 unspecified atom stereocenters. The highest BCUT2D eigenvalue weighted by Crippen LogP contribution is 2.30. The van der Waals surface area contributed by atoms with Crippen molar-refractivity contribution in [1.29, 1.82) is 0 Å². The molecule has 35 heavy (non-hydrogen) atoms. The van der Waals surface area contributed by atoms with E-state index in [1.807, 2.05) is 49.4 Å². The number of carbonyl (C=O) groups excluding carboxylic acids is 2. The molecule has 0 spiro atoms. The van der Waals surface area contributed by atoms with Gasteiger partial charge in [0.25, 0.3) is 5.91 Å². The largest absolute Gasteiger partial charge is 0.467 e. The zero-order chi connectivity index (χ0) is 24.2. The van der Waals surface area contributed by atoms with Crippen LogP contribution >= 0.6 is 0 Å². The van der Waals surface area contributed by atoms with Gasteiger partial charge in [-0.3, -0.25) is 14.5 Å². The molecular formula is C26H23N5O4. The number of aryl methyl sites for hydroxylation is 1. The number of rotatable bonds is 8. The molecule has 0 radical (unpaired) electrons. The van der Waals surface area contributed by atoms with Crippen LogP contribution in [0, 0.1) is 6.92 Å². The molecule has 0 saturated carbocycles. The maximum absolute atomic E-state index is 13.8. The van der Waals surface area contributed by atoms with Gasteiger partial charge in [-0.15, -0.1) is 5.10 Å². The smallest absolute Gasteiger partial charge is 0.251 e. The first kappa shape index (κ1) is 22.1. The number of benzene rings is 2. The van der Waals surface area contributed by atoms with Crippen molar-refractivity contribution >= 4 is 28.5 Å². The second-order valence-corrected chi connectivity index (χ2v) is 8.05. The number of hydrogen-bond acceptors (Lipinski definition) is 6. The van der Waals surface area contributed by atoms with Crippen LogP contribution in [-0.2, 0) is 22.7 Å². The van der Waals surface area contributed by atoms with Crippen molar-refractivity contribution in [2.75, 3.05) is 4.90 Å². The lowest BCUT2D eigenvalue weighted by molar-refractivity contribution is -0.127.